The van der Waals surface area contributed by atoms with E-state index in [1.54, 1.807) is 23.6 Å². The van der Waals surface area contributed by atoms with Crippen LogP contribution in [-0.2, 0) is 25.4 Å². The fourth-order valence-electron chi connectivity index (χ4n) is 4.73. The maximum Gasteiger partial charge on any atom is 0.410 e. The van der Waals surface area contributed by atoms with Gasteiger partial charge in [-0.3, -0.25) is 14.3 Å². The quantitative estimate of drug-likeness (QED) is 0.491. The number of carbonyl (C=O) groups is 1. The van der Waals surface area contributed by atoms with Crippen LogP contribution in [0.5, 0.6) is 0 Å². The van der Waals surface area contributed by atoms with Crippen LogP contribution < -0.4 is 11.2 Å². The molecular weight excluding hydrogens is 446 g/mol. The SMILES string of the molecule is Cn1c(-c2ccc(C3CCN(C(=O)OCc4ccccc4)CC3)cc2)nc2c(=O)[nH]c(=O)n(C)c21. The molecule has 1 aliphatic rings. The molecule has 180 valence electrons. The van der Waals surface area contributed by atoms with Gasteiger partial charge in [-0.2, -0.15) is 0 Å². The van der Waals surface area contributed by atoms with E-state index in [2.05, 4.69) is 22.1 Å². The number of amides is 1. The number of H-pyrrole nitrogens is 1. The maximum absolute atomic E-state index is 12.4. The fourth-order valence-corrected chi connectivity index (χ4v) is 4.73. The van der Waals surface area contributed by atoms with Crippen LogP contribution in [-0.4, -0.2) is 43.2 Å². The smallest absolute Gasteiger partial charge is 0.410 e. The van der Waals surface area contributed by atoms with Gasteiger partial charge in [0.2, 0.25) is 0 Å². The van der Waals surface area contributed by atoms with Gasteiger partial charge in [0.15, 0.2) is 5.52 Å². The average Bonchev–Trinajstić information content (AvgIpc) is 3.24. The van der Waals surface area contributed by atoms with Crippen LogP contribution >= 0.6 is 0 Å². The van der Waals surface area contributed by atoms with Crippen molar-refractivity contribution in [3.8, 4) is 11.4 Å². The lowest BCUT2D eigenvalue weighted by Gasteiger charge is -2.31. The second-order valence-corrected chi connectivity index (χ2v) is 8.91. The standard InChI is InChI=1S/C26H27N5O4/c1-29-22(27-21-23(32)28-25(33)30(2)24(21)29)20-10-8-18(9-11-20)19-12-14-31(15-13-19)26(34)35-16-17-6-4-3-5-7-17/h3-11,19H,12-16H2,1-2H3,(H,28,32,33). The fraction of sp³-hybridized carbons (Fsp3) is 0.308. The summed E-state index contributed by atoms with van der Waals surface area (Å²) in [6.07, 6.45) is 1.46. The van der Waals surface area contributed by atoms with E-state index < -0.39 is 11.2 Å². The van der Waals surface area contributed by atoms with Crippen molar-refractivity contribution in [3.63, 3.8) is 0 Å². The molecule has 2 aromatic heterocycles. The number of nitrogens with zero attached hydrogens (tertiary/aromatic N) is 4. The summed E-state index contributed by atoms with van der Waals surface area (Å²) in [5, 5.41) is 0. The summed E-state index contributed by atoms with van der Waals surface area (Å²) >= 11 is 0. The molecule has 35 heavy (non-hydrogen) atoms. The van der Waals surface area contributed by atoms with E-state index in [4.69, 9.17) is 4.74 Å². The molecule has 1 N–H and O–H groups in total. The van der Waals surface area contributed by atoms with E-state index in [0.717, 1.165) is 24.0 Å². The van der Waals surface area contributed by atoms with Crippen molar-refractivity contribution in [2.45, 2.75) is 25.4 Å². The van der Waals surface area contributed by atoms with E-state index in [0.29, 0.717) is 30.5 Å². The summed E-state index contributed by atoms with van der Waals surface area (Å²) in [5.74, 6) is 0.973. The second-order valence-electron chi connectivity index (χ2n) is 8.91. The molecule has 1 aliphatic heterocycles. The van der Waals surface area contributed by atoms with Crippen LogP contribution in [0, 0.1) is 0 Å². The molecule has 1 saturated heterocycles. The molecule has 0 saturated carbocycles. The Kier molecular flexibility index (Phi) is 5.98. The molecule has 9 heteroatoms. The Hall–Kier alpha value is -4.14. The highest BCUT2D eigenvalue weighted by atomic mass is 16.6. The van der Waals surface area contributed by atoms with Crippen molar-refractivity contribution >= 4 is 17.3 Å². The van der Waals surface area contributed by atoms with E-state index in [9.17, 15) is 14.4 Å². The molecule has 0 aliphatic carbocycles. The number of imidazole rings is 1. The summed E-state index contributed by atoms with van der Waals surface area (Å²) in [7, 11) is 3.41. The van der Waals surface area contributed by atoms with Crippen molar-refractivity contribution in [2.75, 3.05) is 13.1 Å². The Bertz CT molecular complexity index is 1480. The normalized spacial score (nSPS) is 14.4. The first-order valence-corrected chi connectivity index (χ1v) is 11.6. The first-order valence-electron chi connectivity index (χ1n) is 11.6. The Balaban J connectivity index is 1.25. The summed E-state index contributed by atoms with van der Waals surface area (Å²) in [6, 6.07) is 17.8. The number of likely N-dealkylation sites (tertiary alicyclic amines) is 1. The number of aromatic amines is 1. The lowest BCUT2D eigenvalue weighted by Crippen LogP contribution is -2.38. The van der Waals surface area contributed by atoms with Gasteiger partial charge in [-0.25, -0.2) is 14.6 Å². The molecular formula is C26H27N5O4. The molecule has 0 unspecified atom stereocenters. The number of hydrogen-bond acceptors (Lipinski definition) is 5. The van der Waals surface area contributed by atoms with Crippen molar-refractivity contribution in [1.29, 1.82) is 0 Å². The molecule has 0 spiro atoms. The van der Waals surface area contributed by atoms with E-state index in [1.165, 1.54) is 10.1 Å². The van der Waals surface area contributed by atoms with Crippen LogP contribution in [0.1, 0.15) is 29.9 Å². The molecule has 1 amide bonds. The Morgan fingerprint density at radius 3 is 2.37 bits per heavy atom. The molecule has 0 atom stereocenters. The number of fused-ring (bicyclic) bond motifs is 1. The van der Waals surface area contributed by atoms with Gasteiger partial charge < -0.3 is 14.2 Å². The van der Waals surface area contributed by atoms with Gasteiger partial charge in [-0.05, 0) is 29.9 Å². The number of piperidine rings is 1. The molecule has 3 heterocycles. The highest BCUT2D eigenvalue weighted by molar-refractivity contribution is 5.76. The molecule has 5 rings (SSSR count). The van der Waals surface area contributed by atoms with Crippen molar-refractivity contribution in [1.82, 2.24) is 24.0 Å². The summed E-state index contributed by atoms with van der Waals surface area (Å²) < 4.78 is 8.62. The van der Waals surface area contributed by atoms with Crippen LogP contribution in [0.25, 0.3) is 22.6 Å². The molecule has 0 radical (unpaired) electrons. The van der Waals surface area contributed by atoms with Gasteiger partial charge >= 0.3 is 11.8 Å². The number of aryl methyl sites for hydroxylation is 2. The molecule has 4 aromatic rings. The summed E-state index contributed by atoms with van der Waals surface area (Å²) in [5.41, 5.74) is 2.79. The third kappa shape index (κ3) is 4.37. The highest BCUT2D eigenvalue weighted by Crippen LogP contribution is 2.30. The van der Waals surface area contributed by atoms with Gasteiger partial charge in [0, 0.05) is 32.7 Å². The first kappa shape index (κ1) is 22.6. The van der Waals surface area contributed by atoms with Gasteiger partial charge in [-0.15, -0.1) is 0 Å². The number of aromatic nitrogens is 4. The minimum atomic E-state index is -0.490. The Labute approximate surface area is 201 Å². The van der Waals surface area contributed by atoms with E-state index >= 15 is 0 Å². The Morgan fingerprint density at radius 2 is 1.69 bits per heavy atom. The zero-order chi connectivity index (χ0) is 24.5. The second kappa shape index (κ2) is 9.25. The van der Waals surface area contributed by atoms with Gasteiger partial charge in [0.1, 0.15) is 18.1 Å². The number of carbonyl (C=O) groups excluding carboxylic acids is 1. The number of benzene rings is 2. The van der Waals surface area contributed by atoms with Crippen LogP contribution in [0.2, 0.25) is 0 Å². The third-order valence-electron chi connectivity index (χ3n) is 6.72. The molecule has 9 nitrogen and oxygen atoms in total. The van der Waals surface area contributed by atoms with Crippen molar-refractivity contribution in [2.24, 2.45) is 14.1 Å². The predicted octanol–water partition coefficient (Wildman–Crippen LogP) is 3.14. The van der Waals surface area contributed by atoms with Crippen molar-refractivity contribution < 1.29 is 9.53 Å². The lowest BCUT2D eigenvalue weighted by atomic mass is 9.89. The first-order chi connectivity index (χ1) is 16.9. The van der Waals surface area contributed by atoms with Gasteiger partial charge in [0.05, 0.1) is 0 Å². The number of hydrogen-bond donors (Lipinski definition) is 1. The predicted molar refractivity (Wildman–Crippen MR) is 132 cm³/mol. The van der Waals surface area contributed by atoms with Crippen LogP contribution in [0.3, 0.4) is 0 Å². The monoisotopic (exact) mass is 473 g/mol. The molecule has 0 bridgehead atoms. The van der Waals surface area contributed by atoms with Crippen LogP contribution in [0.4, 0.5) is 4.79 Å². The molecule has 2 aromatic carbocycles. The average molecular weight is 474 g/mol. The molecule has 1 fully saturated rings. The van der Waals surface area contributed by atoms with Gasteiger partial charge in [-0.1, -0.05) is 54.6 Å². The highest BCUT2D eigenvalue weighted by Gasteiger charge is 2.25. The minimum absolute atomic E-state index is 0.236. The van der Waals surface area contributed by atoms with E-state index in [1.807, 2.05) is 42.5 Å². The number of ether oxygens (including phenoxy) is 1. The largest absolute Gasteiger partial charge is 0.445 e. The maximum atomic E-state index is 12.4. The summed E-state index contributed by atoms with van der Waals surface area (Å²) in [6.45, 7) is 1.59. The Morgan fingerprint density at radius 1 is 1.00 bits per heavy atom. The number of nitrogens with one attached hydrogen (secondary N) is 1. The summed E-state index contributed by atoms with van der Waals surface area (Å²) in [4.78, 5) is 45.2. The van der Waals surface area contributed by atoms with Crippen LogP contribution in [0.15, 0.2) is 64.2 Å². The third-order valence-corrected chi connectivity index (χ3v) is 6.72. The minimum Gasteiger partial charge on any atom is -0.445 e. The lowest BCUT2D eigenvalue weighted by molar-refractivity contribution is 0.0870. The van der Waals surface area contributed by atoms with Gasteiger partial charge in [0.25, 0.3) is 5.56 Å². The van der Waals surface area contributed by atoms with E-state index in [-0.39, 0.29) is 18.2 Å². The number of rotatable bonds is 4. The van der Waals surface area contributed by atoms with Crippen molar-refractivity contribution in [3.05, 3.63) is 86.6 Å². The topological polar surface area (TPSA) is 102 Å². The zero-order valence-corrected chi connectivity index (χ0v) is 19.7. The zero-order valence-electron chi connectivity index (χ0n) is 19.7.